The first-order chi connectivity index (χ1) is 12.2. The van der Waals surface area contributed by atoms with E-state index in [0.717, 1.165) is 56.4 Å². The molecule has 1 saturated heterocycles. The van der Waals surface area contributed by atoms with Gasteiger partial charge in [-0.15, -0.1) is 0 Å². The van der Waals surface area contributed by atoms with E-state index in [9.17, 15) is 4.79 Å². The van der Waals surface area contributed by atoms with Crippen LogP contribution < -0.4 is 5.32 Å². The Labute approximate surface area is 149 Å². The van der Waals surface area contributed by atoms with Gasteiger partial charge >= 0.3 is 0 Å². The number of benzene rings is 1. The average molecular weight is 338 g/mol. The third-order valence-electron chi connectivity index (χ3n) is 5.62. The molecule has 1 aliphatic heterocycles. The number of hydrogen-bond acceptors (Lipinski definition) is 3. The van der Waals surface area contributed by atoms with Crippen molar-refractivity contribution in [1.29, 1.82) is 0 Å². The highest BCUT2D eigenvalue weighted by Gasteiger charge is 2.31. The summed E-state index contributed by atoms with van der Waals surface area (Å²) in [6.07, 6.45) is 5.11. The molecule has 1 unspecified atom stereocenters. The van der Waals surface area contributed by atoms with E-state index in [0.29, 0.717) is 5.69 Å². The highest BCUT2D eigenvalue weighted by molar-refractivity contribution is 5.94. The van der Waals surface area contributed by atoms with Gasteiger partial charge in [-0.2, -0.15) is 5.10 Å². The first kappa shape index (κ1) is 16.3. The lowest BCUT2D eigenvalue weighted by atomic mass is 10.1. The van der Waals surface area contributed by atoms with E-state index in [-0.39, 0.29) is 11.9 Å². The van der Waals surface area contributed by atoms with Gasteiger partial charge in [0.15, 0.2) is 5.69 Å². The van der Waals surface area contributed by atoms with Crippen molar-refractivity contribution < 1.29 is 4.79 Å². The molecule has 5 heteroatoms. The number of fused-ring (bicyclic) bond motifs is 1. The van der Waals surface area contributed by atoms with Gasteiger partial charge in [-0.25, -0.2) is 4.68 Å². The largest absolute Gasteiger partial charge is 0.336 e. The quantitative estimate of drug-likeness (QED) is 0.931. The van der Waals surface area contributed by atoms with E-state index in [1.54, 1.807) is 0 Å². The van der Waals surface area contributed by atoms with Gasteiger partial charge in [0.2, 0.25) is 0 Å². The monoisotopic (exact) mass is 338 g/mol. The fraction of sp³-hybridized carbons (Fsp3) is 0.500. The zero-order valence-electron chi connectivity index (χ0n) is 15.1. The van der Waals surface area contributed by atoms with E-state index < -0.39 is 0 Å². The van der Waals surface area contributed by atoms with Gasteiger partial charge in [-0.05, 0) is 56.3 Å². The molecule has 0 radical (unpaired) electrons. The number of aryl methyl sites for hydroxylation is 1. The number of amides is 1. The lowest BCUT2D eigenvalue weighted by Gasteiger charge is -2.23. The maximum Gasteiger partial charge on any atom is 0.274 e. The van der Waals surface area contributed by atoms with Gasteiger partial charge in [0.25, 0.3) is 5.91 Å². The number of nitrogens with zero attached hydrogens (tertiary/aromatic N) is 3. The van der Waals surface area contributed by atoms with E-state index in [1.807, 2.05) is 16.6 Å². The Hall–Kier alpha value is -2.14. The average Bonchev–Trinajstić information content (AvgIpc) is 3.37. The molecule has 1 atom stereocenters. The molecule has 1 aromatic carbocycles. The van der Waals surface area contributed by atoms with E-state index in [2.05, 4.69) is 36.5 Å². The summed E-state index contributed by atoms with van der Waals surface area (Å²) in [5.74, 6) is 0.0655. The van der Waals surface area contributed by atoms with Crippen molar-refractivity contribution in [2.45, 2.75) is 45.1 Å². The van der Waals surface area contributed by atoms with Crippen LogP contribution in [-0.2, 0) is 19.3 Å². The number of nitrogens with one attached hydrogen (secondary N) is 1. The van der Waals surface area contributed by atoms with Crippen molar-refractivity contribution >= 4 is 5.91 Å². The SMILES string of the molecule is CCc1ccc(-n2nc(C(=O)N(C)C3CCNC3)c3c2CCC3)cc1. The molecule has 2 heterocycles. The summed E-state index contributed by atoms with van der Waals surface area (Å²) in [5, 5.41) is 8.09. The Bertz CT molecular complexity index is 772. The van der Waals surface area contributed by atoms with Crippen LogP contribution >= 0.6 is 0 Å². The molecular weight excluding hydrogens is 312 g/mol. The highest BCUT2D eigenvalue weighted by atomic mass is 16.2. The summed E-state index contributed by atoms with van der Waals surface area (Å²) in [4.78, 5) is 14.9. The molecule has 132 valence electrons. The van der Waals surface area contributed by atoms with Crippen LogP contribution in [0.25, 0.3) is 5.69 Å². The summed E-state index contributed by atoms with van der Waals surface area (Å²) >= 11 is 0. The Morgan fingerprint density at radius 1 is 1.32 bits per heavy atom. The molecule has 0 saturated carbocycles. The van der Waals surface area contributed by atoms with Crippen LogP contribution in [0.15, 0.2) is 24.3 Å². The number of carbonyl (C=O) groups is 1. The van der Waals surface area contributed by atoms with E-state index in [1.165, 1.54) is 11.3 Å². The highest BCUT2D eigenvalue weighted by Crippen LogP contribution is 2.29. The molecular formula is C20H26N4O. The third-order valence-corrected chi connectivity index (χ3v) is 5.62. The molecule has 0 spiro atoms. The molecule has 1 fully saturated rings. The number of hydrogen-bond donors (Lipinski definition) is 1. The van der Waals surface area contributed by atoms with Crippen LogP contribution in [0.3, 0.4) is 0 Å². The van der Waals surface area contributed by atoms with Crippen LogP contribution in [0, 0.1) is 0 Å². The van der Waals surface area contributed by atoms with Crippen molar-refractivity contribution in [2.75, 3.05) is 20.1 Å². The van der Waals surface area contributed by atoms with Crippen LogP contribution in [0.1, 0.15) is 47.1 Å². The van der Waals surface area contributed by atoms with Gasteiger partial charge in [0.05, 0.1) is 5.69 Å². The Morgan fingerprint density at radius 2 is 2.12 bits per heavy atom. The first-order valence-electron chi connectivity index (χ1n) is 9.37. The second kappa shape index (κ2) is 6.64. The molecule has 1 amide bonds. The van der Waals surface area contributed by atoms with E-state index in [4.69, 9.17) is 5.10 Å². The smallest absolute Gasteiger partial charge is 0.274 e. The molecule has 1 N–H and O–H groups in total. The topological polar surface area (TPSA) is 50.2 Å². The minimum atomic E-state index is 0.0655. The fourth-order valence-electron chi connectivity index (χ4n) is 4.00. The molecule has 5 nitrogen and oxygen atoms in total. The van der Waals surface area contributed by atoms with Crippen LogP contribution in [0.4, 0.5) is 0 Å². The molecule has 4 rings (SSSR count). The predicted octanol–water partition coefficient (Wildman–Crippen LogP) is 2.36. The van der Waals surface area contributed by atoms with Crippen molar-refractivity contribution in [2.24, 2.45) is 0 Å². The van der Waals surface area contributed by atoms with Crippen molar-refractivity contribution in [3.05, 3.63) is 46.8 Å². The first-order valence-corrected chi connectivity index (χ1v) is 9.37. The summed E-state index contributed by atoms with van der Waals surface area (Å²) in [5.41, 5.74) is 5.39. The van der Waals surface area contributed by atoms with Gasteiger partial charge in [0.1, 0.15) is 0 Å². The van der Waals surface area contributed by atoms with Gasteiger partial charge in [-0.3, -0.25) is 4.79 Å². The number of likely N-dealkylation sites (N-methyl/N-ethyl adjacent to an activating group) is 1. The summed E-state index contributed by atoms with van der Waals surface area (Å²) < 4.78 is 2.00. The fourth-order valence-corrected chi connectivity index (χ4v) is 4.00. The zero-order valence-corrected chi connectivity index (χ0v) is 15.1. The van der Waals surface area contributed by atoms with Gasteiger partial charge in [-0.1, -0.05) is 19.1 Å². The molecule has 0 bridgehead atoms. The molecule has 1 aliphatic carbocycles. The number of aromatic nitrogens is 2. The van der Waals surface area contributed by atoms with Crippen LogP contribution in [0.5, 0.6) is 0 Å². The number of carbonyl (C=O) groups excluding carboxylic acids is 1. The lowest BCUT2D eigenvalue weighted by Crippen LogP contribution is -2.39. The molecule has 1 aromatic heterocycles. The third kappa shape index (κ3) is 2.86. The minimum absolute atomic E-state index is 0.0655. The Balaban J connectivity index is 1.68. The lowest BCUT2D eigenvalue weighted by molar-refractivity contribution is 0.0736. The summed E-state index contributed by atoms with van der Waals surface area (Å²) in [6.45, 7) is 4.02. The molecule has 2 aliphatic rings. The summed E-state index contributed by atoms with van der Waals surface area (Å²) in [7, 11) is 1.91. The maximum absolute atomic E-state index is 13.1. The van der Waals surface area contributed by atoms with Gasteiger partial charge < -0.3 is 10.2 Å². The number of rotatable bonds is 4. The Kier molecular flexibility index (Phi) is 4.34. The van der Waals surface area contributed by atoms with E-state index >= 15 is 0 Å². The second-order valence-corrected chi connectivity index (χ2v) is 7.12. The zero-order chi connectivity index (χ0) is 17.4. The second-order valence-electron chi connectivity index (χ2n) is 7.12. The molecule has 25 heavy (non-hydrogen) atoms. The molecule has 2 aromatic rings. The van der Waals surface area contributed by atoms with Crippen molar-refractivity contribution in [1.82, 2.24) is 20.0 Å². The van der Waals surface area contributed by atoms with Crippen LogP contribution in [-0.4, -0.2) is 46.8 Å². The summed E-state index contributed by atoms with van der Waals surface area (Å²) in [6, 6.07) is 8.80. The van der Waals surface area contributed by atoms with Gasteiger partial charge in [0, 0.05) is 30.9 Å². The van der Waals surface area contributed by atoms with Crippen LogP contribution in [0.2, 0.25) is 0 Å². The standard InChI is InChI=1S/C20H26N4O/c1-3-14-7-9-15(10-8-14)24-18-6-4-5-17(18)19(22-24)20(25)23(2)16-11-12-21-13-16/h7-10,16,21H,3-6,11-13H2,1-2H3. The normalized spacial score (nSPS) is 19.2. The minimum Gasteiger partial charge on any atom is -0.336 e. The van der Waals surface area contributed by atoms with Crippen molar-refractivity contribution in [3.8, 4) is 5.69 Å². The predicted molar refractivity (Wildman–Crippen MR) is 98.3 cm³/mol. The van der Waals surface area contributed by atoms with Crippen molar-refractivity contribution in [3.63, 3.8) is 0 Å². The maximum atomic E-state index is 13.1. The Morgan fingerprint density at radius 3 is 2.80 bits per heavy atom.